The topological polar surface area (TPSA) is 37.8 Å². The number of hydrogen-bond donors (Lipinski definition) is 1. The van der Waals surface area contributed by atoms with Crippen molar-refractivity contribution in [2.24, 2.45) is 0 Å². The van der Waals surface area contributed by atoms with E-state index >= 15 is 0 Å². The molecule has 2 unspecified atom stereocenters. The van der Waals surface area contributed by atoms with Crippen molar-refractivity contribution < 1.29 is 0 Å². The summed E-state index contributed by atoms with van der Waals surface area (Å²) in [4.78, 5) is 8.29. The highest BCUT2D eigenvalue weighted by Crippen LogP contribution is 2.30. The Bertz CT molecular complexity index is 313. The Morgan fingerprint density at radius 1 is 1.24 bits per heavy atom. The van der Waals surface area contributed by atoms with Gasteiger partial charge in [-0.1, -0.05) is 19.8 Å². The van der Waals surface area contributed by atoms with Crippen LogP contribution in [0.1, 0.15) is 56.9 Å². The van der Waals surface area contributed by atoms with Gasteiger partial charge in [-0.3, -0.25) is 0 Å². The monoisotopic (exact) mass is 233 g/mol. The minimum Gasteiger partial charge on any atom is -0.314 e. The number of nitrogens with one attached hydrogen (secondary N) is 1. The average molecular weight is 233 g/mol. The third kappa shape index (κ3) is 3.77. The smallest absolute Gasteiger partial charge is 0.115 e. The number of aromatic nitrogens is 2. The van der Waals surface area contributed by atoms with Gasteiger partial charge in [-0.05, 0) is 43.7 Å². The average Bonchev–Trinajstić information content (AvgIpc) is 2.63. The molecule has 1 heterocycles. The molecule has 0 radical (unpaired) electrons. The molecule has 1 aliphatic rings. The molecule has 1 aliphatic carbocycles. The van der Waals surface area contributed by atoms with Gasteiger partial charge in [0.25, 0.3) is 0 Å². The maximum absolute atomic E-state index is 4.15. The second kappa shape index (κ2) is 6.70. The van der Waals surface area contributed by atoms with Crippen LogP contribution in [-0.4, -0.2) is 22.6 Å². The molecule has 1 fully saturated rings. The molecule has 3 heteroatoms. The first-order valence-corrected chi connectivity index (χ1v) is 6.88. The summed E-state index contributed by atoms with van der Waals surface area (Å²) in [5.74, 6) is 0.646. The SMILES string of the molecule is CCCNC1CCCCC(c2cncnc2)C1. The van der Waals surface area contributed by atoms with Crippen LogP contribution >= 0.6 is 0 Å². The summed E-state index contributed by atoms with van der Waals surface area (Å²) in [6, 6.07) is 0.683. The normalized spacial score (nSPS) is 25.5. The summed E-state index contributed by atoms with van der Waals surface area (Å²) in [7, 11) is 0. The van der Waals surface area contributed by atoms with Crippen LogP contribution in [0.15, 0.2) is 18.7 Å². The molecule has 3 nitrogen and oxygen atoms in total. The van der Waals surface area contributed by atoms with Gasteiger partial charge in [-0.2, -0.15) is 0 Å². The summed E-state index contributed by atoms with van der Waals surface area (Å²) in [5.41, 5.74) is 1.32. The first-order chi connectivity index (χ1) is 8.40. The fourth-order valence-electron chi connectivity index (χ4n) is 2.72. The van der Waals surface area contributed by atoms with Gasteiger partial charge in [0.15, 0.2) is 0 Å². The van der Waals surface area contributed by atoms with Gasteiger partial charge < -0.3 is 5.32 Å². The lowest BCUT2D eigenvalue weighted by Crippen LogP contribution is -2.30. The highest BCUT2D eigenvalue weighted by molar-refractivity contribution is 5.11. The van der Waals surface area contributed by atoms with Gasteiger partial charge in [0.2, 0.25) is 0 Å². The third-order valence-electron chi connectivity index (χ3n) is 3.66. The van der Waals surface area contributed by atoms with Crippen LogP contribution in [0.2, 0.25) is 0 Å². The standard InChI is InChI=1S/C14H23N3/c1-2-7-17-14-6-4-3-5-12(8-14)13-9-15-11-16-10-13/h9-12,14,17H,2-8H2,1H3. The van der Waals surface area contributed by atoms with Crippen molar-refractivity contribution >= 4 is 0 Å². The van der Waals surface area contributed by atoms with Crippen molar-refractivity contribution in [1.82, 2.24) is 15.3 Å². The quantitative estimate of drug-likeness (QED) is 0.813. The molecule has 0 saturated heterocycles. The van der Waals surface area contributed by atoms with Crippen LogP contribution in [0.25, 0.3) is 0 Å². The summed E-state index contributed by atoms with van der Waals surface area (Å²) >= 11 is 0. The molecule has 2 rings (SSSR count). The summed E-state index contributed by atoms with van der Waals surface area (Å²) < 4.78 is 0. The number of rotatable bonds is 4. The van der Waals surface area contributed by atoms with Crippen molar-refractivity contribution in [2.45, 2.75) is 57.4 Å². The van der Waals surface area contributed by atoms with E-state index in [1.54, 1.807) is 6.33 Å². The van der Waals surface area contributed by atoms with E-state index in [9.17, 15) is 0 Å². The van der Waals surface area contributed by atoms with Gasteiger partial charge >= 0.3 is 0 Å². The molecular formula is C14H23N3. The van der Waals surface area contributed by atoms with E-state index < -0.39 is 0 Å². The van der Waals surface area contributed by atoms with Gasteiger partial charge in [0.1, 0.15) is 6.33 Å². The van der Waals surface area contributed by atoms with Gasteiger partial charge in [-0.15, -0.1) is 0 Å². The van der Waals surface area contributed by atoms with E-state index in [0.29, 0.717) is 12.0 Å². The lowest BCUT2D eigenvalue weighted by molar-refractivity contribution is 0.439. The van der Waals surface area contributed by atoms with Crippen molar-refractivity contribution in [3.8, 4) is 0 Å². The highest BCUT2D eigenvalue weighted by atomic mass is 14.9. The molecular weight excluding hydrogens is 210 g/mol. The van der Waals surface area contributed by atoms with Crippen molar-refractivity contribution in [1.29, 1.82) is 0 Å². The molecule has 0 bridgehead atoms. The van der Waals surface area contributed by atoms with Crippen LogP contribution in [0.4, 0.5) is 0 Å². The Kier molecular flexibility index (Phi) is 4.92. The maximum Gasteiger partial charge on any atom is 0.115 e. The minimum absolute atomic E-state index is 0.646. The Hall–Kier alpha value is -0.960. The van der Waals surface area contributed by atoms with E-state index in [1.807, 2.05) is 12.4 Å². The van der Waals surface area contributed by atoms with Crippen LogP contribution in [0.3, 0.4) is 0 Å². The lowest BCUT2D eigenvalue weighted by Gasteiger charge is -2.20. The molecule has 17 heavy (non-hydrogen) atoms. The molecule has 0 spiro atoms. The maximum atomic E-state index is 4.15. The van der Waals surface area contributed by atoms with Crippen molar-refractivity contribution in [3.05, 3.63) is 24.3 Å². The van der Waals surface area contributed by atoms with Gasteiger partial charge in [0, 0.05) is 18.4 Å². The Morgan fingerprint density at radius 3 is 2.76 bits per heavy atom. The molecule has 1 aromatic heterocycles. The van der Waals surface area contributed by atoms with E-state index in [-0.39, 0.29) is 0 Å². The van der Waals surface area contributed by atoms with Crippen LogP contribution < -0.4 is 5.32 Å². The highest BCUT2D eigenvalue weighted by Gasteiger charge is 2.21. The largest absolute Gasteiger partial charge is 0.314 e. The Morgan fingerprint density at radius 2 is 2.00 bits per heavy atom. The predicted molar refractivity (Wildman–Crippen MR) is 69.9 cm³/mol. The third-order valence-corrected chi connectivity index (χ3v) is 3.66. The molecule has 2 atom stereocenters. The van der Waals surface area contributed by atoms with Gasteiger partial charge in [-0.25, -0.2) is 9.97 Å². The molecule has 1 aromatic rings. The summed E-state index contributed by atoms with van der Waals surface area (Å²) in [6.07, 6.45) is 13.4. The molecule has 1 N–H and O–H groups in total. The van der Waals surface area contributed by atoms with Crippen molar-refractivity contribution in [3.63, 3.8) is 0 Å². The zero-order valence-electron chi connectivity index (χ0n) is 10.7. The lowest BCUT2D eigenvalue weighted by atomic mass is 9.92. The molecule has 0 aliphatic heterocycles. The second-order valence-corrected chi connectivity index (χ2v) is 5.04. The van der Waals surface area contributed by atoms with Crippen LogP contribution in [-0.2, 0) is 0 Å². The first-order valence-electron chi connectivity index (χ1n) is 6.88. The van der Waals surface area contributed by atoms with E-state index in [2.05, 4.69) is 22.2 Å². The van der Waals surface area contributed by atoms with E-state index in [1.165, 1.54) is 44.1 Å². The van der Waals surface area contributed by atoms with Gasteiger partial charge in [0.05, 0.1) is 0 Å². The predicted octanol–water partition coefficient (Wildman–Crippen LogP) is 2.89. The van der Waals surface area contributed by atoms with E-state index in [0.717, 1.165) is 6.54 Å². The fourth-order valence-corrected chi connectivity index (χ4v) is 2.72. The number of nitrogens with zero attached hydrogens (tertiary/aromatic N) is 2. The zero-order chi connectivity index (χ0) is 11.9. The summed E-state index contributed by atoms with van der Waals surface area (Å²) in [5, 5.41) is 3.67. The summed E-state index contributed by atoms with van der Waals surface area (Å²) in [6.45, 7) is 3.37. The molecule has 94 valence electrons. The molecule has 1 saturated carbocycles. The molecule has 0 aromatic carbocycles. The zero-order valence-corrected chi connectivity index (χ0v) is 10.7. The van der Waals surface area contributed by atoms with Crippen LogP contribution in [0, 0.1) is 0 Å². The van der Waals surface area contributed by atoms with Crippen molar-refractivity contribution in [2.75, 3.05) is 6.54 Å². The van der Waals surface area contributed by atoms with E-state index in [4.69, 9.17) is 0 Å². The molecule has 0 amide bonds. The first kappa shape index (κ1) is 12.5. The Labute approximate surface area is 104 Å². The second-order valence-electron chi connectivity index (χ2n) is 5.04. The van der Waals surface area contributed by atoms with Crippen LogP contribution in [0.5, 0.6) is 0 Å². The Balaban J connectivity index is 1.97. The minimum atomic E-state index is 0.646. The number of hydrogen-bond acceptors (Lipinski definition) is 3. The fraction of sp³-hybridized carbons (Fsp3) is 0.714.